The van der Waals surface area contributed by atoms with Gasteiger partial charge in [-0.05, 0) is 0 Å². The van der Waals surface area contributed by atoms with Gasteiger partial charge >= 0.3 is 27.7 Å². The third-order valence-electron chi connectivity index (χ3n) is 0.999. The van der Waals surface area contributed by atoms with Gasteiger partial charge in [0.2, 0.25) is 0 Å². The van der Waals surface area contributed by atoms with Gasteiger partial charge in [-0.15, -0.1) is 0 Å². The van der Waals surface area contributed by atoms with Crippen LogP contribution in [-0.2, 0) is 37.3 Å². The molecule has 15 heavy (non-hydrogen) atoms. The summed E-state index contributed by atoms with van der Waals surface area (Å²) in [6.07, 6.45) is 0. The van der Waals surface area contributed by atoms with Crippen molar-refractivity contribution in [1.82, 2.24) is 0 Å². The largest absolute Gasteiger partial charge is 2.00 e. The molecule has 0 saturated carbocycles. The molecule has 6 nitrogen and oxygen atoms in total. The van der Waals surface area contributed by atoms with Gasteiger partial charge in [-0.3, -0.25) is 0 Å². The summed E-state index contributed by atoms with van der Waals surface area (Å²) in [4.78, 5) is 19.3. The third-order valence-corrected chi connectivity index (χ3v) is 1.79. The molecule has 0 bridgehead atoms. The molecule has 0 spiro atoms. The molecule has 0 aliphatic carbocycles. The molecule has 0 aromatic heterocycles. The minimum absolute atomic E-state index is 0. The first-order valence-corrected chi connectivity index (χ1v) is 4.77. The molecule has 9 heteroatoms. The predicted octanol–water partition coefficient (Wildman–Crippen LogP) is -4.02. The van der Waals surface area contributed by atoms with E-state index in [2.05, 4.69) is 25.3 Å². The number of thiol groups is 2. The summed E-state index contributed by atoms with van der Waals surface area (Å²) in [6, 6.07) is -1.85. The van der Waals surface area contributed by atoms with Crippen molar-refractivity contribution in [3.8, 4) is 0 Å². The second-order valence-corrected chi connectivity index (χ2v) is 2.95. The van der Waals surface area contributed by atoms with Gasteiger partial charge in [-0.25, -0.2) is 0 Å². The molecule has 2 atom stereocenters. The van der Waals surface area contributed by atoms with Gasteiger partial charge in [0.25, 0.3) is 0 Å². The molecule has 0 unspecified atom stereocenters. The van der Waals surface area contributed by atoms with Gasteiger partial charge in [0.15, 0.2) is 0 Å². The first-order valence-electron chi connectivity index (χ1n) is 3.51. The molecule has 0 amide bonds. The smallest absolute Gasteiger partial charge is 0.548 e. The molecule has 0 aliphatic rings. The van der Waals surface area contributed by atoms with E-state index in [-0.39, 0.29) is 39.2 Å². The van der Waals surface area contributed by atoms with E-state index < -0.39 is 24.0 Å². The van der Waals surface area contributed by atoms with Crippen LogP contribution in [0.2, 0.25) is 0 Å². The van der Waals surface area contributed by atoms with E-state index in [9.17, 15) is 19.8 Å². The number of aliphatic carboxylic acids is 2. The Labute approximate surface area is 119 Å². The summed E-state index contributed by atoms with van der Waals surface area (Å²) >= 11 is 7.22. The zero-order valence-electron chi connectivity index (χ0n) is 7.96. The fourth-order valence-electron chi connectivity index (χ4n) is 0.149. The zero-order valence-corrected chi connectivity index (χ0v) is 15.2. The van der Waals surface area contributed by atoms with Gasteiger partial charge in [0, 0.05) is 11.5 Å². The summed E-state index contributed by atoms with van der Waals surface area (Å²) in [7, 11) is 0. The number of carboxylic acids is 2. The predicted molar refractivity (Wildman–Crippen MR) is 53.7 cm³/mol. The van der Waals surface area contributed by atoms with Crippen molar-refractivity contribution in [1.29, 1.82) is 0 Å². The fourth-order valence-corrected chi connectivity index (χ4v) is 0.447. The topological polar surface area (TPSA) is 132 Å². The van der Waals surface area contributed by atoms with Crippen molar-refractivity contribution in [2.45, 2.75) is 12.1 Å². The Bertz CT molecular complexity index is 176. The number of nitrogens with two attached hydrogens (primary N) is 2. The average Bonchev–Trinajstić information content (AvgIpc) is 2.15. The molecule has 0 aromatic rings. The van der Waals surface area contributed by atoms with Crippen molar-refractivity contribution in [2.24, 2.45) is 11.5 Å². The third kappa shape index (κ3) is 14.5. The molecule has 0 aromatic carbocycles. The standard InChI is InChI=1S/2C3H7NO2S.Hg/c2*4-2(1-7)3(5)6;/h2*2,7H,1,4H2,(H,5,6);/q;;+2/p-2/t2*2-;/m00./s1. The molecule has 0 aliphatic heterocycles. The van der Waals surface area contributed by atoms with Crippen LogP contribution >= 0.6 is 25.3 Å². The molecule has 0 radical (unpaired) electrons. The maximum atomic E-state index is 9.65. The Balaban J connectivity index is -0.000000180. The molecule has 0 rings (SSSR count). The quantitative estimate of drug-likeness (QED) is 0.260. The van der Waals surface area contributed by atoms with Crippen LogP contribution in [0.5, 0.6) is 0 Å². The Kier molecular flexibility index (Phi) is 17.5. The maximum absolute atomic E-state index is 9.65. The summed E-state index contributed by atoms with van der Waals surface area (Å²) < 4.78 is 0. The van der Waals surface area contributed by atoms with E-state index in [1.807, 2.05) is 0 Å². The van der Waals surface area contributed by atoms with E-state index in [0.29, 0.717) is 0 Å². The number of carbonyl (C=O) groups excluding carboxylic acids is 2. The summed E-state index contributed by atoms with van der Waals surface area (Å²) in [6.45, 7) is 0. The van der Waals surface area contributed by atoms with Gasteiger partial charge < -0.3 is 31.3 Å². The van der Waals surface area contributed by atoms with Gasteiger partial charge in [0.1, 0.15) is 0 Å². The molecule has 0 heterocycles. The number of carboxylic acid groups (broad SMARTS) is 2. The molecule has 0 fully saturated rings. The van der Waals surface area contributed by atoms with Crippen molar-refractivity contribution in [3.63, 3.8) is 0 Å². The van der Waals surface area contributed by atoms with E-state index in [0.717, 1.165) is 0 Å². The van der Waals surface area contributed by atoms with E-state index in [1.165, 1.54) is 0 Å². The van der Waals surface area contributed by atoms with Crippen LogP contribution in [-0.4, -0.2) is 35.5 Å². The second kappa shape index (κ2) is 12.6. The Morgan fingerprint density at radius 3 is 1.20 bits per heavy atom. The maximum Gasteiger partial charge on any atom is 2.00 e. The SMILES string of the molecule is N[C@@H](CS)C(=O)[O-].N[C@@H](CS)C(=O)[O-].[Hg+2]. The van der Waals surface area contributed by atoms with Crippen LogP contribution in [0.15, 0.2) is 0 Å². The van der Waals surface area contributed by atoms with Crippen LogP contribution in [0.4, 0.5) is 0 Å². The van der Waals surface area contributed by atoms with Crippen molar-refractivity contribution in [2.75, 3.05) is 11.5 Å². The van der Waals surface area contributed by atoms with E-state index in [4.69, 9.17) is 11.5 Å². The fraction of sp³-hybridized carbons (Fsp3) is 0.667. The Morgan fingerprint density at radius 1 is 1.00 bits per heavy atom. The van der Waals surface area contributed by atoms with Gasteiger partial charge in [-0.1, -0.05) is 0 Å². The van der Waals surface area contributed by atoms with Crippen LogP contribution in [0.1, 0.15) is 0 Å². The van der Waals surface area contributed by atoms with E-state index in [1.54, 1.807) is 0 Å². The Morgan fingerprint density at radius 2 is 1.20 bits per heavy atom. The van der Waals surface area contributed by atoms with E-state index >= 15 is 0 Å². The van der Waals surface area contributed by atoms with Gasteiger partial charge in [-0.2, -0.15) is 25.3 Å². The zero-order chi connectivity index (χ0) is 11.7. The van der Waals surface area contributed by atoms with Crippen LogP contribution in [0, 0.1) is 0 Å². The van der Waals surface area contributed by atoms with Crippen LogP contribution in [0.25, 0.3) is 0 Å². The average molecular weight is 441 g/mol. The minimum atomic E-state index is -1.25. The molecule has 4 N–H and O–H groups in total. The van der Waals surface area contributed by atoms with Gasteiger partial charge in [0.05, 0.1) is 24.0 Å². The monoisotopic (exact) mass is 442 g/mol. The number of rotatable bonds is 4. The van der Waals surface area contributed by atoms with Crippen LogP contribution < -0.4 is 21.7 Å². The molecular formula is C6H12HgN2O4S2. The molecule has 0 saturated heterocycles. The number of hydrogen-bond donors (Lipinski definition) is 4. The minimum Gasteiger partial charge on any atom is -0.548 e. The van der Waals surface area contributed by atoms with Crippen molar-refractivity contribution >= 4 is 37.2 Å². The first kappa shape index (κ1) is 20.9. The normalized spacial score (nSPS) is 12.5. The second-order valence-electron chi connectivity index (χ2n) is 2.22. The Hall–Kier alpha value is 0.495. The van der Waals surface area contributed by atoms with Crippen molar-refractivity contribution in [3.05, 3.63) is 0 Å². The van der Waals surface area contributed by atoms with Crippen LogP contribution in [0.3, 0.4) is 0 Å². The molecule has 84 valence electrons. The summed E-state index contributed by atoms with van der Waals surface area (Å²) in [5, 5.41) is 19.3. The number of carbonyl (C=O) groups is 2. The summed E-state index contributed by atoms with van der Waals surface area (Å²) in [5.41, 5.74) is 9.75. The summed E-state index contributed by atoms with van der Waals surface area (Å²) in [5.74, 6) is -2.25. The van der Waals surface area contributed by atoms with Crippen molar-refractivity contribution < 1.29 is 47.5 Å². The number of hydrogen-bond acceptors (Lipinski definition) is 8. The molecular weight excluding hydrogens is 429 g/mol. The first-order chi connectivity index (χ1) is 6.36.